The van der Waals surface area contributed by atoms with E-state index in [0.29, 0.717) is 0 Å². The molecule has 0 fully saturated rings. The average molecular weight is 172 g/mol. The molecule has 2 heteroatoms. The lowest BCUT2D eigenvalue weighted by atomic mass is 9.88. The number of aryl methyl sites for hydroxylation is 1. The number of rotatable bonds is 0. The van der Waals surface area contributed by atoms with E-state index in [2.05, 4.69) is 20.8 Å². The molecule has 0 radical (unpaired) electrons. The maximum absolute atomic E-state index is 12.7. The maximum atomic E-state index is 12.7. The minimum atomic E-state index is -0.0765. The van der Waals surface area contributed by atoms with Gasteiger partial charge in [0.25, 0.3) is 0 Å². The van der Waals surface area contributed by atoms with Crippen LogP contribution in [-0.4, -0.2) is 0 Å². The second-order valence-electron chi connectivity index (χ2n) is 3.77. The number of hydrogen-bond donors (Lipinski definition) is 0. The summed E-state index contributed by atoms with van der Waals surface area (Å²) in [5, 5.41) is -0.0765. The summed E-state index contributed by atoms with van der Waals surface area (Å²) in [6.07, 6.45) is 0. The molecule has 0 amide bonds. The molecule has 1 rings (SSSR count). The Morgan fingerprint density at radius 1 is 1.36 bits per heavy atom. The van der Waals surface area contributed by atoms with Gasteiger partial charge in [0.05, 0.1) is 0 Å². The second-order valence-corrected chi connectivity index (χ2v) is 4.98. The first-order valence-corrected chi connectivity index (χ1v) is 4.49. The Morgan fingerprint density at radius 2 is 1.91 bits per heavy atom. The van der Waals surface area contributed by atoms with Gasteiger partial charge in [-0.25, -0.2) is 0 Å². The summed E-state index contributed by atoms with van der Waals surface area (Å²) in [7, 11) is 0. The Hall–Kier alpha value is -0.370. The lowest BCUT2D eigenvalue weighted by Crippen LogP contribution is -2.10. The van der Waals surface area contributed by atoms with Gasteiger partial charge in [-0.2, -0.15) is 4.39 Å². The van der Waals surface area contributed by atoms with Crippen LogP contribution >= 0.6 is 11.3 Å². The minimum absolute atomic E-state index is 0.0743. The zero-order valence-electron chi connectivity index (χ0n) is 7.36. The molecule has 0 spiro atoms. The Bertz CT molecular complexity index is 255. The SMILES string of the molecule is Cc1sc(F)cc1C(C)(C)C. The van der Waals surface area contributed by atoms with E-state index in [9.17, 15) is 4.39 Å². The van der Waals surface area contributed by atoms with Crippen molar-refractivity contribution in [1.29, 1.82) is 0 Å². The van der Waals surface area contributed by atoms with Crippen LogP contribution in [0.5, 0.6) is 0 Å². The first-order valence-electron chi connectivity index (χ1n) is 3.67. The predicted molar refractivity (Wildman–Crippen MR) is 47.7 cm³/mol. The molecule has 0 unspecified atom stereocenters. The summed E-state index contributed by atoms with van der Waals surface area (Å²) in [5.41, 5.74) is 1.20. The van der Waals surface area contributed by atoms with Gasteiger partial charge in [-0.3, -0.25) is 0 Å². The van der Waals surface area contributed by atoms with Crippen LogP contribution in [0.4, 0.5) is 4.39 Å². The van der Waals surface area contributed by atoms with Crippen molar-refractivity contribution in [1.82, 2.24) is 0 Å². The Kier molecular flexibility index (Phi) is 2.06. The van der Waals surface area contributed by atoms with Crippen LogP contribution in [0.15, 0.2) is 6.07 Å². The molecular weight excluding hydrogens is 159 g/mol. The molecule has 11 heavy (non-hydrogen) atoms. The number of hydrogen-bond acceptors (Lipinski definition) is 1. The van der Waals surface area contributed by atoms with E-state index < -0.39 is 0 Å². The van der Waals surface area contributed by atoms with Crippen molar-refractivity contribution >= 4 is 11.3 Å². The van der Waals surface area contributed by atoms with E-state index in [0.717, 1.165) is 10.4 Å². The van der Waals surface area contributed by atoms with Crippen LogP contribution in [0.2, 0.25) is 0 Å². The van der Waals surface area contributed by atoms with Crippen LogP contribution in [-0.2, 0) is 5.41 Å². The molecule has 0 N–H and O–H groups in total. The quantitative estimate of drug-likeness (QED) is 0.562. The first-order chi connectivity index (χ1) is 4.91. The van der Waals surface area contributed by atoms with Gasteiger partial charge in [0.15, 0.2) is 5.13 Å². The number of halogens is 1. The Balaban J connectivity index is 3.13. The molecule has 0 atom stereocenters. The van der Waals surface area contributed by atoms with Crippen LogP contribution < -0.4 is 0 Å². The van der Waals surface area contributed by atoms with E-state index in [4.69, 9.17) is 0 Å². The monoisotopic (exact) mass is 172 g/mol. The molecule has 0 nitrogen and oxygen atoms in total. The highest BCUT2D eigenvalue weighted by atomic mass is 32.1. The molecule has 0 aliphatic rings. The highest BCUT2D eigenvalue weighted by Gasteiger charge is 2.18. The summed E-state index contributed by atoms with van der Waals surface area (Å²) in [5.74, 6) is 0. The van der Waals surface area contributed by atoms with Gasteiger partial charge in [-0.15, -0.1) is 11.3 Å². The molecule has 62 valence electrons. The fraction of sp³-hybridized carbons (Fsp3) is 0.556. The van der Waals surface area contributed by atoms with Crippen LogP contribution in [0, 0.1) is 12.1 Å². The van der Waals surface area contributed by atoms with Crippen molar-refractivity contribution in [2.45, 2.75) is 33.1 Å². The third-order valence-electron chi connectivity index (χ3n) is 1.70. The van der Waals surface area contributed by atoms with Crippen molar-refractivity contribution in [2.24, 2.45) is 0 Å². The highest BCUT2D eigenvalue weighted by Crippen LogP contribution is 2.30. The molecular formula is C9H13FS. The van der Waals surface area contributed by atoms with Gasteiger partial charge in [-0.05, 0) is 24.0 Å². The van der Waals surface area contributed by atoms with Crippen molar-refractivity contribution in [3.63, 3.8) is 0 Å². The van der Waals surface area contributed by atoms with E-state index in [-0.39, 0.29) is 10.5 Å². The van der Waals surface area contributed by atoms with Crippen LogP contribution in [0.25, 0.3) is 0 Å². The van der Waals surface area contributed by atoms with Crippen molar-refractivity contribution in [2.75, 3.05) is 0 Å². The van der Waals surface area contributed by atoms with E-state index in [1.54, 1.807) is 6.07 Å². The van der Waals surface area contributed by atoms with Crippen molar-refractivity contribution in [3.05, 3.63) is 21.6 Å². The Morgan fingerprint density at radius 3 is 2.09 bits per heavy atom. The molecule has 0 aliphatic carbocycles. The van der Waals surface area contributed by atoms with Gasteiger partial charge in [0.2, 0.25) is 0 Å². The van der Waals surface area contributed by atoms with Crippen LogP contribution in [0.3, 0.4) is 0 Å². The molecule has 1 heterocycles. The summed E-state index contributed by atoms with van der Waals surface area (Å²) < 4.78 is 12.7. The lowest BCUT2D eigenvalue weighted by molar-refractivity contribution is 0.582. The molecule has 0 aromatic carbocycles. The smallest absolute Gasteiger partial charge is 0.176 e. The van der Waals surface area contributed by atoms with Gasteiger partial charge in [-0.1, -0.05) is 20.8 Å². The summed E-state index contributed by atoms with van der Waals surface area (Å²) in [6.45, 7) is 8.26. The molecule has 1 aromatic heterocycles. The van der Waals surface area contributed by atoms with Gasteiger partial charge >= 0.3 is 0 Å². The average Bonchev–Trinajstić information content (AvgIpc) is 2.08. The maximum Gasteiger partial charge on any atom is 0.176 e. The van der Waals surface area contributed by atoms with Gasteiger partial charge in [0.1, 0.15) is 0 Å². The summed E-state index contributed by atoms with van der Waals surface area (Å²) >= 11 is 1.23. The molecule has 0 aliphatic heterocycles. The molecule has 0 bridgehead atoms. The zero-order valence-corrected chi connectivity index (χ0v) is 8.18. The van der Waals surface area contributed by atoms with Crippen LogP contribution in [0.1, 0.15) is 31.2 Å². The molecule has 1 aromatic rings. The van der Waals surface area contributed by atoms with E-state index in [1.807, 2.05) is 6.92 Å². The van der Waals surface area contributed by atoms with Crippen molar-refractivity contribution < 1.29 is 4.39 Å². The fourth-order valence-electron chi connectivity index (χ4n) is 1.19. The van der Waals surface area contributed by atoms with Crippen molar-refractivity contribution in [3.8, 4) is 0 Å². The third kappa shape index (κ3) is 1.80. The fourth-order valence-corrected chi connectivity index (χ4v) is 2.13. The van der Waals surface area contributed by atoms with E-state index in [1.165, 1.54) is 11.3 Å². The standard InChI is InChI=1S/C9H13FS/c1-6-7(9(2,3)4)5-8(10)11-6/h5H,1-4H3. The Labute approximate surface area is 71.1 Å². The minimum Gasteiger partial charge on any atom is -0.195 e. The largest absolute Gasteiger partial charge is 0.195 e. The normalized spacial score (nSPS) is 12.1. The number of thiophene rings is 1. The predicted octanol–water partition coefficient (Wildman–Crippen LogP) is 3.49. The highest BCUT2D eigenvalue weighted by molar-refractivity contribution is 7.10. The molecule has 0 saturated carbocycles. The van der Waals surface area contributed by atoms with Gasteiger partial charge in [0, 0.05) is 4.88 Å². The lowest BCUT2D eigenvalue weighted by Gasteiger charge is -2.17. The second kappa shape index (κ2) is 2.59. The summed E-state index contributed by atoms with van der Waals surface area (Å²) in [4.78, 5) is 1.09. The summed E-state index contributed by atoms with van der Waals surface area (Å²) in [6, 6.07) is 1.64. The zero-order chi connectivity index (χ0) is 8.65. The van der Waals surface area contributed by atoms with E-state index >= 15 is 0 Å². The van der Waals surface area contributed by atoms with Gasteiger partial charge < -0.3 is 0 Å². The molecule has 0 saturated heterocycles. The topological polar surface area (TPSA) is 0 Å². The third-order valence-corrected chi connectivity index (χ3v) is 2.53. The first kappa shape index (κ1) is 8.72.